The first-order chi connectivity index (χ1) is 20.7. The average molecular weight is 599 g/mol. The highest BCUT2D eigenvalue weighted by Crippen LogP contribution is 2.66. The summed E-state index contributed by atoms with van der Waals surface area (Å²) in [5.41, 5.74) is 0.774. The first kappa shape index (κ1) is 37.5. The van der Waals surface area contributed by atoms with Gasteiger partial charge >= 0.3 is 0 Å². The third-order valence-electron chi connectivity index (χ3n) is 14.0. The summed E-state index contributed by atoms with van der Waals surface area (Å²) in [5, 5.41) is 0. The van der Waals surface area contributed by atoms with Crippen molar-refractivity contribution in [3.05, 3.63) is 0 Å². The lowest BCUT2D eigenvalue weighted by Gasteiger charge is -2.35. The van der Waals surface area contributed by atoms with E-state index in [1.165, 1.54) is 141 Å². The molecule has 0 bridgehead atoms. The molecule has 0 N–H and O–H groups in total. The number of hydrogen-bond acceptors (Lipinski definition) is 0. The summed E-state index contributed by atoms with van der Waals surface area (Å²) in [6.45, 7) is 20.4. The highest BCUT2D eigenvalue weighted by atomic mass is 14.6. The molecule has 0 heteroatoms. The molecule has 0 amide bonds. The molecular weight excluding hydrogens is 516 g/mol. The third-order valence-corrected chi connectivity index (χ3v) is 14.0. The van der Waals surface area contributed by atoms with Crippen molar-refractivity contribution in [1.82, 2.24) is 0 Å². The molecule has 0 aliphatic heterocycles. The third kappa shape index (κ3) is 11.9. The molecule has 3 aliphatic carbocycles. The van der Waals surface area contributed by atoms with E-state index >= 15 is 0 Å². The molecule has 0 nitrogen and oxygen atoms in total. The molecular formula is C43H82. The predicted molar refractivity (Wildman–Crippen MR) is 194 cm³/mol. The van der Waals surface area contributed by atoms with Crippen LogP contribution in [-0.4, -0.2) is 0 Å². The molecule has 254 valence electrons. The van der Waals surface area contributed by atoms with Crippen LogP contribution in [0.4, 0.5) is 0 Å². The highest BCUT2D eigenvalue weighted by molar-refractivity contribution is 5.07. The second kappa shape index (κ2) is 19.6. The lowest BCUT2D eigenvalue weighted by molar-refractivity contribution is 0.155. The van der Waals surface area contributed by atoms with Gasteiger partial charge in [0.25, 0.3) is 0 Å². The molecule has 3 saturated carbocycles. The van der Waals surface area contributed by atoms with Crippen LogP contribution in [0.15, 0.2) is 0 Å². The Hall–Kier alpha value is 0. The molecule has 43 heavy (non-hydrogen) atoms. The molecule has 10 unspecified atom stereocenters. The average Bonchev–Trinajstić information content (AvgIpc) is 3.73. The summed E-state index contributed by atoms with van der Waals surface area (Å²) < 4.78 is 0. The molecule has 3 rings (SSSR count). The van der Waals surface area contributed by atoms with Gasteiger partial charge in [0.2, 0.25) is 0 Å². The van der Waals surface area contributed by atoms with Crippen molar-refractivity contribution in [3.8, 4) is 0 Å². The molecule has 3 fully saturated rings. The first-order valence-corrected chi connectivity index (χ1v) is 20.7. The SMILES string of the molecule is CCCC(CC(C)C)C1CCCCCC(C)CC(CC)C(CCCCCCCC(C)C23CCCCC(C)C2C3)CCC1C. The summed E-state index contributed by atoms with van der Waals surface area (Å²) >= 11 is 0. The van der Waals surface area contributed by atoms with E-state index in [1.54, 1.807) is 12.8 Å². The van der Waals surface area contributed by atoms with Gasteiger partial charge in [-0.3, -0.25) is 0 Å². The Morgan fingerprint density at radius 2 is 1.40 bits per heavy atom. The Bertz CT molecular complexity index is 707. The van der Waals surface area contributed by atoms with Crippen LogP contribution in [0.3, 0.4) is 0 Å². The molecule has 0 heterocycles. The van der Waals surface area contributed by atoms with Crippen molar-refractivity contribution in [2.45, 2.75) is 209 Å². The van der Waals surface area contributed by atoms with E-state index in [4.69, 9.17) is 0 Å². The van der Waals surface area contributed by atoms with Gasteiger partial charge in [-0.15, -0.1) is 0 Å². The summed E-state index contributed by atoms with van der Waals surface area (Å²) in [7, 11) is 0. The van der Waals surface area contributed by atoms with Crippen molar-refractivity contribution in [2.24, 2.45) is 64.6 Å². The lowest BCUT2D eigenvalue weighted by atomic mass is 9.71. The zero-order valence-corrected chi connectivity index (χ0v) is 31.2. The van der Waals surface area contributed by atoms with Gasteiger partial charge in [0.15, 0.2) is 0 Å². The van der Waals surface area contributed by atoms with E-state index in [0.717, 1.165) is 64.6 Å². The molecule has 0 saturated heterocycles. The van der Waals surface area contributed by atoms with Gasteiger partial charge < -0.3 is 0 Å². The Morgan fingerprint density at radius 3 is 2.14 bits per heavy atom. The fourth-order valence-corrected chi connectivity index (χ4v) is 11.2. The van der Waals surface area contributed by atoms with Gasteiger partial charge in [0, 0.05) is 0 Å². The number of rotatable bonds is 15. The van der Waals surface area contributed by atoms with Crippen LogP contribution in [0.2, 0.25) is 0 Å². The highest BCUT2D eigenvalue weighted by Gasteiger charge is 2.58. The smallest absolute Gasteiger partial charge is 0.0238 e. The van der Waals surface area contributed by atoms with Crippen LogP contribution in [0, 0.1) is 64.6 Å². The van der Waals surface area contributed by atoms with Crippen LogP contribution >= 0.6 is 0 Å². The second-order valence-electron chi connectivity index (χ2n) is 17.8. The molecule has 0 spiro atoms. The summed E-state index contributed by atoms with van der Waals surface area (Å²) in [5.74, 6) is 9.64. The molecule has 0 aromatic rings. The van der Waals surface area contributed by atoms with Crippen molar-refractivity contribution in [3.63, 3.8) is 0 Å². The van der Waals surface area contributed by atoms with Gasteiger partial charge in [0.1, 0.15) is 0 Å². The van der Waals surface area contributed by atoms with Crippen LogP contribution < -0.4 is 0 Å². The largest absolute Gasteiger partial charge is 0.0654 e. The molecule has 10 atom stereocenters. The van der Waals surface area contributed by atoms with Crippen molar-refractivity contribution < 1.29 is 0 Å². The zero-order chi connectivity index (χ0) is 31.2. The van der Waals surface area contributed by atoms with Crippen molar-refractivity contribution in [2.75, 3.05) is 0 Å². The summed E-state index contributed by atoms with van der Waals surface area (Å²) in [4.78, 5) is 0. The van der Waals surface area contributed by atoms with Gasteiger partial charge in [-0.25, -0.2) is 0 Å². The fraction of sp³-hybridized carbons (Fsp3) is 1.00. The standard InChI is InChI=1S/C43H82/c1-9-21-40(30-33(3)4)41-26-18-14-15-22-34(5)31-38(10-2)39(28-27-35(41)6)25-17-13-11-12-16-24-37(8)43-29-20-19-23-36(7)42(43)32-43/h33-42H,9-32H2,1-8H3. The van der Waals surface area contributed by atoms with E-state index in [2.05, 4.69) is 55.4 Å². The second-order valence-corrected chi connectivity index (χ2v) is 17.8. The Labute approximate surface area is 273 Å². The van der Waals surface area contributed by atoms with Crippen LogP contribution in [0.5, 0.6) is 0 Å². The van der Waals surface area contributed by atoms with Crippen molar-refractivity contribution >= 4 is 0 Å². The van der Waals surface area contributed by atoms with Gasteiger partial charge in [-0.2, -0.15) is 0 Å². The van der Waals surface area contributed by atoms with Crippen LogP contribution in [0.25, 0.3) is 0 Å². The normalized spacial score (nSPS) is 36.1. The molecule has 0 radical (unpaired) electrons. The van der Waals surface area contributed by atoms with E-state index in [0.29, 0.717) is 0 Å². The number of fused-ring (bicyclic) bond motifs is 1. The topological polar surface area (TPSA) is 0 Å². The Morgan fingerprint density at radius 1 is 0.674 bits per heavy atom. The van der Waals surface area contributed by atoms with E-state index in [-0.39, 0.29) is 0 Å². The first-order valence-electron chi connectivity index (χ1n) is 20.7. The maximum Gasteiger partial charge on any atom is -0.0238 e. The van der Waals surface area contributed by atoms with E-state index in [9.17, 15) is 0 Å². The number of hydrogen-bond donors (Lipinski definition) is 0. The van der Waals surface area contributed by atoms with Gasteiger partial charge in [0.05, 0.1) is 0 Å². The Balaban J connectivity index is 1.48. The van der Waals surface area contributed by atoms with Gasteiger partial charge in [-0.1, -0.05) is 171 Å². The summed E-state index contributed by atoms with van der Waals surface area (Å²) in [6, 6.07) is 0. The van der Waals surface area contributed by atoms with Crippen LogP contribution in [-0.2, 0) is 0 Å². The summed E-state index contributed by atoms with van der Waals surface area (Å²) in [6.07, 6.45) is 35.8. The molecule has 0 aromatic heterocycles. The fourth-order valence-electron chi connectivity index (χ4n) is 11.2. The predicted octanol–water partition coefficient (Wildman–Crippen LogP) is 14.7. The minimum Gasteiger partial charge on any atom is -0.0654 e. The minimum absolute atomic E-state index is 0.774. The van der Waals surface area contributed by atoms with Crippen LogP contribution in [0.1, 0.15) is 209 Å². The lowest BCUT2D eigenvalue weighted by Crippen LogP contribution is -2.25. The van der Waals surface area contributed by atoms with Gasteiger partial charge in [-0.05, 0) is 103 Å². The maximum atomic E-state index is 2.67. The monoisotopic (exact) mass is 599 g/mol. The maximum absolute atomic E-state index is 2.67. The van der Waals surface area contributed by atoms with E-state index in [1.807, 2.05) is 0 Å². The number of unbranched alkanes of at least 4 members (excludes halogenated alkanes) is 4. The van der Waals surface area contributed by atoms with Crippen molar-refractivity contribution in [1.29, 1.82) is 0 Å². The molecule has 0 aromatic carbocycles. The van der Waals surface area contributed by atoms with E-state index < -0.39 is 0 Å². The Kier molecular flexibility index (Phi) is 17.1. The minimum atomic E-state index is 0.774. The quantitative estimate of drug-likeness (QED) is 0.164. The zero-order valence-electron chi connectivity index (χ0n) is 31.2. The molecule has 3 aliphatic rings.